The second-order valence-electron chi connectivity index (χ2n) is 3.56. The van der Waals surface area contributed by atoms with Gasteiger partial charge in [0.15, 0.2) is 0 Å². The first-order valence-electron chi connectivity index (χ1n) is 4.94. The summed E-state index contributed by atoms with van der Waals surface area (Å²) in [6.45, 7) is -3.98. The Balaban J connectivity index is 4.92. The lowest BCUT2D eigenvalue weighted by atomic mass is 10.4. The molecule has 0 N–H and O–H groups in total. The van der Waals surface area contributed by atoms with Gasteiger partial charge in [0.1, 0.15) is 0 Å². The molecular weight excluding hydrogens is 352 g/mol. The molecule has 0 spiro atoms. The van der Waals surface area contributed by atoms with Crippen LogP contribution in [0.4, 0.5) is 52.7 Å². The summed E-state index contributed by atoms with van der Waals surface area (Å²) >= 11 is 0. The molecule has 0 unspecified atom stereocenters. The number of nitrogens with zero attached hydrogens (tertiary/aromatic N) is 2. The minimum atomic E-state index is -5.89. The largest absolute Gasteiger partial charge is 0.467 e. The van der Waals surface area contributed by atoms with Crippen molar-refractivity contribution in [3.63, 3.8) is 0 Å². The van der Waals surface area contributed by atoms with E-state index in [-0.39, 0.29) is 12.2 Å². The van der Waals surface area contributed by atoms with E-state index >= 15 is 0 Å². The third-order valence-corrected chi connectivity index (χ3v) is 1.97. The van der Waals surface area contributed by atoms with Crippen molar-refractivity contribution in [2.45, 2.75) is 25.2 Å². The molecule has 0 rings (SSSR count). The van der Waals surface area contributed by atoms with Crippen LogP contribution in [0.15, 0.2) is 12.2 Å². The molecule has 0 atom stereocenters. The van der Waals surface area contributed by atoms with Gasteiger partial charge in [0.2, 0.25) is 0 Å². The molecule has 0 aliphatic heterocycles. The molecule has 2 nitrogen and oxygen atoms in total. The van der Waals surface area contributed by atoms with E-state index in [1.54, 1.807) is 0 Å². The summed E-state index contributed by atoms with van der Waals surface area (Å²) in [6, 6.07) is 0. The van der Waals surface area contributed by atoms with Gasteiger partial charge in [-0.15, -0.1) is 9.80 Å². The van der Waals surface area contributed by atoms with Crippen molar-refractivity contribution in [2.75, 3.05) is 13.1 Å². The van der Waals surface area contributed by atoms with Gasteiger partial charge in [-0.2, -0.15) is 52.7 Å². The molecule has 0 saturated heterocycles. The van der Waals surface area contributed by atoms with Crippen LogP contribution < -0.4 is 0 Å². The lowest BCUT2D eigenvalue weighted by Gasteiger charge is -2.26. The quantitative estimate of drug-likeness (QED) is 0.422. The normalized spacial score (nSPS) is 15.4. The zero-order chi connectivity index (χ0) is 18.0. The van der Waals surface area contributed by atoms with Crippen LogP contribution in [0.1, 0.15) is 0 Å². The maximum atomic E-state index is 12.0. The molecule has 14 heteroatoms. The average Bonchev–Trinajstić information content (AvgIpc) is 2.14. The Kier molecular flexibility index (Phi) is 6.17. The number of halogens is 12. The summed E-state index contributed by atoms with van der Waals surface area (Å²) in [5, 5.41) is 0. The van der Waals surface area contributed by atoms with Gasteiger partial charge < -0.3 is 0 Å². The second-order valence-corrected chi connectivity index (χ2v) is 3.56. The minimum absolute atomic E-state index is 0.106. The van der Waals surface area contributed by atoms with Gasteiger partial charge in [-0.05, 0) is 0 Å². The highest BCUT2D eigenvalue weighted by Gasteiger charge is 2.54. The Hall–Kier alpha value is -1.18. The fourth-order valence-corrected chi connectivity index (χ4v) is 1.06. The number of hydrogen-bond donors (Lipinski definition) is 0. The Bertz CT molecular complexity index is 309. The van der Waals surface area contributed by atoms with Gasteiger partial charge >= 0.3 is 25.2 Å². The summed E-state index contributed by atoms with van der Waals surface area (Å²) in [7, 11) is 0. The van der Waals surface area contributed by atoms with Gasteiger partial charge in [0, 0.05) is 13.1 Å². The molecule has 0 aromatic carbocycles. The molecule has 0 fully saturated rings. The van der Waals surface area contributed by atoms with Crippen molar-refractivity contribution in [3.8, 4) is 0 Å². The summed E-state index contributed by atoms with van der Waals surface area (Å²) in [5.74, 6) is 0. The van der Waals surface area contributed by atoms with Crippen LogP contribution in [-0.4, -0.2) is 48.1 Å². The summed E-state index contributed by atoms with van der Waals surface area (Å²) in [5.41, 5.74) is 0. The molecule has 132 valence electrons. The van der Waals surface area contributed by atoms with Crippen molar-refractivity contribution in [2.24, 2.45) is 0 Å². The fraction of sp³-hybridized carbons (Fsp3) is 0.750. The molecular formula is C8H6F12N2. The number of rotatable bonds is 4. The van der Waals surface area contributed by atoms with Crippen molar-refractivity contribution in [3.05, 3.63) is 12.2 Å². The predicted octanol–water partition coefficient (Wildman–Crippen LogP) is 4.23. The number of alkyl halides is 12. The van der Waals surface area contributed by atoms with Crippen molar-refractivity contribution < 1.29 is 52.7 Å². The van der Waals surface area contributed by atoms with E-state index < -0.39 is 48.1 Å². The van der Waals surface area contributed by atoms with Crippen molar-refractivity contribution in [1.82, 2.24) is 9.80 Å². The highest BCUT2D eigenvalue weighted by molar-refractivity contribution is 4.89. The van der Waals surface area contributed by atoms with E-state index in [0.29, 0.717) is 0 Å². The smallest absolute Gasteiger partial charge is 0.155 e. The standard InChI is InChI=1S/C8H6F12N2/c9-5(10,11)21(6(12,13)14)3-1-2-4-22(7(15,16)17)8(18,19)20/h1-2H,3-4H2/b2-1+. The van der Waals surface area contributed by atoms with Crippen molar-refractivity contribution in [1.29, 1.82) is 0 Å². The first-order chi connectivity index (χ1) is 9.47. The highest BCUT2D eigenvalue weighted by Crippen LogP contribution is 2.34. The third kappa shape index (κ3) is 6.72. The van der Waals surface area contributed by atoms with Crippen LogP contribution in [0, 0.1) is 0 Å². The fourth-order valence-electron chi connectivity index (χ4n) is 1.06. The van der Waals surface area contributed by atoms with E-state index in [1.165, 1.54) is 0 Å². The monoisotopic (exact) mass is 358 g/mol. The molecule has 0 aromatic heterocycles. The molecule has 0 radical (unpaired) electrons. The van der Waals surface area contributed by atoms with E-state index in [4.69, 9.17) is 0 Å². The Labute approximate surface area is 114 Å². The summed E-state index contributed by atoms with van der Waals surface area (Å²) in [6.07, 6.45) is -23.8. The van der Waals surface area contributed by atoms with Crippen LogP contribution >= 0.6 is 0 Å². The second kappa shape index (κ2) is 6.52. The van der Waals surface area contributed by atoms with Gasteiger partial charge in [-0.25, -0.2) is 0 Å². The SMILES string of the molecule is FC(F)(F)N(C/C=C/CN(C(F)(F)F)C(F)(F)F)C(F)(F)F. The molecule has 0 amide bonds. The van der Waals surface area contributed by atoms with Crippen LogP contribution in [0.25, 0.3) is 0 Å². The molecule has 0 heterocycles. The lowest BCUT2D eigenvalue weighted by molar-refractivity contribution is -0.371. The van der Waals surface area contributed by atoms with E-state index in [0.717, 1.165) is 0 Å². The molecule has 0 aromatic rings. The predicted molar refractivity (Wildman–Crippen MR) is 46.8 cm³/mol. The zero-order valence-electron chi connectivity index (χ0n) is 10.00. The zero-order valence-corrected chi connectivity index (χ0v) is 10.00. The minimum Gasteiger partial charge on any atom is -0.155 e. The molecule has 0 bridgehead atoms. The highest BCUT2D eigenvalue weighted by atomic mass is 19.4. The topological polar surface area (TPSA) is 6.48 Å². The lowest BCUT2D eigenvalue weighted by Crippen LogP contribution is -2.48. The van der Waals surface area contributed by atoms with Gasteiger partial charge in [-0.1, -0.05) is 12.2 Å². The molecule has 22 heavy (non-hydrogen) atoms. The Morgan fingerprint density at radius 3 is 0.773 bits per heavy atom. The number of hydrogen-bond acceptors (Lipinski definition) is 2. The Morgan fingerprint density at radius 2 is 0.636 bits per heavy atom. The van der Waals surface area contributed by atoms with Gasteiger partial charge in [-0.3, -0.25) is 0 Å². The van der Waals surface area contributed by atoms with E-state index in [2.05, 4.69) is 0 Å². The average molecular weight is 358 g/mol. The maximum Gasteiger partial charge on any atom is 0.467 e. The van der Waals surface area contributed by atoms with Crippen LogP contribution in [0.2, 0.25) is 0 Å². The van der Waals surface area contributed by atoms with E-state index in [9.17, 15) is 52.7 Å². The molecule has 0 aliphatic carbocycles. The first kappa shape index (κ1) is 20.8. The van der Waals surface area contributed by atoms with Gasteiger partial charge in [0.25, 0.3) is 0 Å². The van der Waals surface area contributed by atoms with Crippen LogP contribution in [0.5, 0.6) is 0 Å². The molecule has 0 saturated carbocycles. The van der Waals surface area contributed by atoms with Crippen molar-refractivity contribution >= 4 is 0 Å². The van der Waals surface area contributed by atoms with Crippen LogP contribution in [0.3, 0.4) is 0 Å². The third-order valence-electron chi connectivity index (χ3n) is 1.97. The first-order valence-corrected chi connectivity index (χ1v) is 4.94. The Morgan fingerprint density at radius 1 is 0.455 bits per heavy atom. The van der Waals surface area contributed by atoms with E-state index in [1.807, 2.05) is 0 Å². The maximum absolute atomic E-state index is 12.0. The summed E-state index contributed by atoms with van der Waals surface area (Å²) < 4.78 is 144. The van der Waals surface area contributed by atoms with Crippen LogP contribution in [-0.2, 0) is 0 Å². The summed E-state index contributed by atoms with van der Waals surface area (Å²) in [4.78, 5) is -4.02. The van der Waals surface area contributed by atoms with Gasteiger partial charge in [0.05, 0.1) is 0 Å². The molecule has 0 aliphatic rings.